The molecular formula is C18H38N4O. The lowest BCUT2D eigenvalue weighted by Gasteiger charge is -2.31. The van der Waals surface area contributed by atoms with Crippen LogP contribution in [-0.4, -0.2) is 63.8 Å². The molecule has 0 radical (unpaired) electrons. The van der Waals surface area contributed by atoms with E-state index in [1.54, 1.807) is 0 Å². The van der Waals surface area contributed by atoms with Gasteiger partial charge in [0.2, 0.25) is 0 Å². The number of guanidine groups is 1. The van der Waals surface area contributed by atoms with Gasteiger partial charge in [0, 0.05) is 26.7 Å². The van der Waals surface area contributed by atoms with Gasteiger partial charge >= 0.3 is 0 Å². The summed E-state index contributed by atoms with van der Waals surface area (Å²) < 4.78 is 5.61. The van der Waals surface area contributed by atoms with Crippen LogP contribution in [0, 0.1) is 11.8 Å². The molecule has 0 aromatic heterocycles. The fourth-order valence-corrected chi connectivity index (χ4v) is 2.87. The van der Waals surface area contributed by atoms with E-state index in [1.807, 2.05) is 7.05 Å². The number of rotatable bonds is 10. The first-order valence-corrected chi connectivity index (χ1v) is 9.40. The molecule has 0 saturated carbocycles. The molecule has 0 atom stereocenters. The summed E-state index contributed by atoms with van der Waals surface area (Å²) in [7, 11) is 1.83. The molecule has 1 rings (SSSR count). The molecule has 1 heterocycles. The molecule has 0 aromatic rings. The second-order valence-corrected chi connectivity index (χ2v) is 6.89. The molecule has 136 valence electrons. The maximum Gasteiger partial charge on any atom is 0.191 e. The lowest BCUT2D eigenvalue weighted by atomic mass is 9.93. The molecule has 0 aromatic carbocycles. The summed E-state index contributed by atoms with van der Waals surface area (Å²) in [5.74, 6) is 2.47. The Morgan fingerprint density at radius 2 is 1.87 bits per heavy atom. The molecule has 5 nitrogen and oxygen atoms in total. The highest BCUT2D eigenvalue weighted by Crippen LogP contribution is 2.19. The SMILES string of the molecule is CCN1CCC(CCNC(=NC)NCCOCCC(C)C)CC1. The fraction of sp³-hybridized carbons (Fsp3) is 0.944. The zero-order valence-corrected chi connectivity index (χ0v) is 15.7. The second kappa shape index (κ2) is 12.6. The molecule has 0 amide bonds. The third-order valence-electron chi connectivity index (χ3n) is 4.60. The number of likely N-dealkylation sites (tertiary alicyclic amines) is 1. The van der Waals surface area contributed by atoms with Gasteiger partial charge in [-0.3, -0.25) is 4.99 Å². The van der Waals surface area contributed by atoms with Crippen LogP contribution in [-0.2, 0) is 4.74 Å². The average Bonchev–Trinajstić information content (AvgIpc) is 2.56. The van der Waals surface area contributed by atoms with Gasteiger partial charge < -0.3 is 20.3 Å². The quantitative estimate of drug-likeness (QED) is 0.367. The highest BCUT2D eigenvalue weighted by molar-refractivity contribution is 5.79. The number of nitrogens with zero attached hydrogens (tertiary/aromatic N) is 2. The minimum Gasteiger partial charge on any atom is -0.380 e. The Kier molecular flexibility index (Phi) is 11.1. The summed E-state index contributed by atoms with van der Waals surface area (Å²) in [6.07, 6.45) is 5.05. The predicted molar refractivity (Wildman–Crippen MR) is 99.1 cm³/mol. The molecule has 1 fully saturated rings. The van der Waals surface area contributed by atoms with Gasteiger partial charge in [0.15, 0.2) is 5.96 Å². The number of ether oxygens (including phenoxy) is 1. The van der Waals surface area contributed by atoms with Gasteiger partial charge in [-0.2, -0.15) is 0 Å². The Hall–Kier alpha value is -0.810. The summed E-state index contributed by atoms with van der Waals surface area (Å²) in [4.78, 5) is 6.82. The van der Waals surface area contributed by atoms with E-state index in [4.69, 9.17) is 4.74 Å². The van der Waals surface area contributed by atoms with Crippen molar-refractivity contribution >= 4 is 5.96 Å². The second-order valence-electron chi connectivity index (χ2n) is 6.89. The number of hydrogen-bond donors (Lipinski definition) is 2. The van der Waals surface area contributed by atoms with Gasteiger partial charge in [-0.05, 0) is 57.2 Å². The summed E-state index contributed by atoms with van der Waals surface area (Å²) >= 11 is 0. The first kappa shape index (κ1) is 20.2. The molecule has 0 unspecified atom stereocenters. The van der Waals surface area contributed by atoms with Gasteiger partial charge in [-0.1, -0.05) is 20.8 Å². The molecule has 1 aliphatic rings. The van der Waals surface area contributed by atoms with Crippen molar-refractivity contribution in [3.8, 4) is 0 Å². The highest BCUT2D eigenvalue weighted by atomic mass is 16.5. The van der Waals surface area contributed by atoms with Gasteiger partial charge in [0.05, 0.1) is 6.61 Å². The Bertz CT molecular complexity index is 312. The largest absolute Gasteiger partial charge is 0.380 e. The van der Waals surface area contributed by atoms with E-state index in [1.165, 1.54) is 38.9 Å². The van der Waals surface area contributed by atoms with Gasteiger partial charge in [-0.15, -0.1) is 0 Å². The van der Waals surface area contributed by atoms with Crippen molar-refractivity contribution in [2.45, 2.75) is 46.5 Å². The third kappa shape index (κ3) is 9.82. The number of nitrogens with one attached hydrogen (secondary N) is 2. The Morgan fingerprint density at radius 1 is 1.17 bits per heavy atom. The Morgan fingerprint density at radius 3 is 2.48 bits per heavy atom. The van der Waals surface area contributed by atoms with E-state index in [0.717, 1.165) is 44.6 Å². The highest BCUT2D eigenvalue weighted by Gasteiger charge is 2.17. The Labute approximate surface area is 143 Å². The Balaban J connectivity index is 2.01. The van der Waals surface area contributed by atoms with Crippen LogP contribution in [0.2, 0.25) is 0 Å². The minimum absolute atomic E-state index is 0.710. The minimum atomic E-state index is 0.710. The first-order valence-electron chi connectivity index (χ1n) is 9.40. The lowest BCUT2D eigenvalue weighted by molar-refractivity contribution is 0.128. The number of aliphatic imine (C=N–C) groups is 1. The van der Waals surface area contributed by atoms with Gasteiger partial charge in [0.1, 0.15) is 0 Å². The lowest BCUT2D eigenvalue weighted by Crippen LogP contribution is -2.40. The molecule has 1 aliphatic heterocycles. The van der Waals surface area contributed by atoms with Crippen LogP contribution in [0.1, 0.15) is 46.5 Å². The summed E-state index contributed by atoms with van der Waals surface area (Å²) in [5, 5.41) is 6.74. The van der Waals surface area contributed by atoms with Crippen LogP contribution in [0.3, 0.4) is 0 Å². The van der Waals surface area contributed by atoms with Crippen molar-refractivity contribution in [1.82, 2.24) is 15.5 Å². The van der Waals surface area contributed by atoms with E-state index in [9.17, 15) is 0 Å². The predicted octanol–water partition coefficient (Wildman–Crippen LogP) is 2.34. The van der Waals surface area contributed by atoms with E-state index in [2.05, 4.69) is 41.3 Å². The molecule has 5 heteroatoms. The van der Waals surface area contributed by atoms with Crippen molar-refractivity contribution < 1.29 is 4.74 Å². The van der Waals surface area contributed by atoms with Crippen LogP contribution < -0.4 is 10.6 Å². The van der Waals surface area contributed by atoms with Crippen LogP contribution in [0.5, 0.6) is 0 Å². The van der Waals surface area contributed by atoms with Crippen LogP contribution >= 0.6 is 0 Å². The molecule has 0 bridgehead atoms. The van der Waals surface area contributed by atoms with E-state index >= 15 is 0 Å². The molecule has 0 aliphatic carbocycles. The molecule has 1 saturated heterocycles. The maximum atomic E-state index is 5.61. The smallest absolute Gasteiger partial charge is 0.191 e. The first-order chi connectivity index (χ1) is 11.2. The number of hydrogen-bond acceptors (Lipinski definition) is 3. The van der Waals surface area contributed by atoms with Crippen molar-refractivity contribution in [2.24, 2.45) is 16.8 Å². The van der Waals surface area contributed by atoms with Crippen molar-refractivity contribution in [2.75, 3.05) is 53.0 Å². The van der Waals surface area contributed by atoms with E-state index in [0.29, 0.717) is 5.92 Å². The van der Waals surface area contributed by atoms with Crippen LogP contribution in [0.25, 0.3) is 0 Å². The number of piperidine rings is 1. The van der Waals surface area contributed by atoms with Crippen molar-refractivity contribution in [3.63, 3.8) is 0 Å². The molecule has 0 spiro atoms. The van der Waals surface area contributed by atoms with E-state index < -0.39 is 0 Å². The standard InChI is InChI=1S/C18H38N4O/c1-5-22-12-7-17(8-13-22)6-10-20-18(19-4)21-11-15-23-14-9-16(2)3/h16-17H,5-15H2,1-4H3,(H2,19,20,21). The van der Waals surface area contributed by atoms with Gasteiger partial charge in [0.25, 0.3) is 0 Å². The summed E-state index contributed by atoms with van der Waals surface area (Å²) in [6.45, 7) is 13.8. The van der Waals surface area contributed by atoms with Crippen molar-refractivity contribution in [1.29, 1.82) is 0 Å². The maximum absolute atomic E-state index is 5.61. The normalized spacial score (nSPS) is 17.7. The van der Waals surface area contributed by atoms with Crippen LogP contribution in [0.15, 0.2) is 4.99 Å². The monoisotopic (exact) mass is 326 g/mol. The third-order valence-corrected chi connectivity index (χ3v) is 4.60. The van der Waals surface area contributed by atoms with Gasteiger partial charge in [-0.25, -0.2) is 0 Å². The molecular weight excluding hydrogens is 288 g/mol. The zero-order chi connectivity index (χ0) is 16.9. The topological polar surface area (TPSA) is 48.9 Å². The summed E-state index contributed by atoms with van der Waals surface area (Å²) in [6, 6.07) is 0. The molecule has 2 N–H and O–H groups in total. The fourth-order valence-electron chi connectivity index (χ4n) is 2.87. The molecule has 23 heavy (non-hydrogen) atoms. The average molecular weight is 327 g/mol. The summed E-state index contributed by atoms with van der Waals surface area (Å²) in [5.41, 5.74) is 0. The van der Waals surface area contributed by atoms with E-state index in [-0.39, 0.29) is 0 Å². The van der Waals surface area contributed by atoms with Crippen molar-refractivity contribution in [3.05, 3.63) is 0 Å². The zero-order valence-electron chi connectivity index (χ0n) is 15.7. The van der Waals surface area contributed by atoms with Crippen LogP contribution in [0.4, 0.5) is 0 Å².